The van der Waals surface area contributed by atoms with E-state index in [1.54, 1.807) is 33.5 Å². The molecule has 160 valence electrons. The third kappa shape index (κ3) is 3.24. The number of carbonyl (C=O) groups is 1. The summed E-state index contributed by atoms with van der Waals surface area (Å²) >= 11 is 0. The van der Waals surface area contributed by atoms with Gasteiger partial charge in [-0.15, -0.1) is 0 Å². The molecule has 6 heteroatoms. The lowest BCUT2D eigenvalue weighted by molar-refractivity contribution is 0.103. The van der Waals surface area contributed by atoms with Gasteiger partial charge in [-0.1, -0.05) is 0 Å². The molecule has 0 saturated carbocycles. The molecule has 0 radical (unpaired) electrons. The number of benzene rings is 3. The maximum Gasteiger partial charge on any atom is 0.197 e. The summed E-state index contributed by atoms with van der Waals surface area (Å²) in [5, 5.41) is 2.03. The highest BCUT2D eigenvalue weighted by atomic mass is 16.5. The Morgan fingerprint density at radius 3 is 2.10 bits per heavy atom. The van der Waals surface area contributed by atoms with Crippen LogP contribution in [0.3, 0.4) is 0 Å². The van der Waals surface area contributed by atoms with Crippen molar-refractivity contribution in [3.05, 3.63) is 58.7 Å². The number of aromatic amines is 1. The average molecular weight is 419 g/mol. The number of nitrogens with one attached hydrogen (secondary N) is 1. The standard InChI is InChI=1S/C25H25NO5/c1-13-9-16(25(27)18-11-21(30-5)22(31-6)12-20(18)29-4)14(2)23-17-10-15(28-3)7-8-19(17)26-24(13)23/h7-12,26H,1-6H3. The van der Waals surface area contributed by atoms with Gasteiger partial charge in [-0.3, -0.25) is 4.79 Å². The molecular formula is C25H25NO5. The van der Waals surface area contributed by atoms with E-state index < -0.39 is 0 Å². The number of aromatic nitrogens is 1. The van der Waals surface area contributed by atoms with E-state index in [1.807, 2.05) is 38.1 Å². The van der Waals surface area contributed by atoms with Crippen molar-refractivity contribution in [1.29, 1.82) is 0 Å². The summed E-state index contributed by atoms with van der Waals surface area (Å²) in [5.74, 6) is 2.03. The summed E-state index contributed by atoms with van der Waals surface area (Å²) < 4.78 is 21.7. The van der Waals surface area contributed by atoms with Crippen LogP contribution >= 0.6 is 0 Å². The molecule has 4 aromatic rings. The first-order chi connectivity index (χ1) is 14.9. The lowest BCUT2D eigenvalue weighted by atomic mass is 9.92. The van der Waals surface area contributed by atoms with Crippen molar-refractivity contribution in [2.75, 3.05) is 28.4 Å². The van der Waals surface area contributed by atoms with Gasteiger partial charge in [0.1, 0.15) is 11.5 Å². The number of carbonyl (C=O) groups excluding carboxylic acids is 1. The molecule has 0 aliphatic rings. The summed E-state index contributed by atoms with van der Waals surface area (Å²) in [6.45, 7) is 3.96. The van der Waals surface area contributed by atoms with Crippen molar-refractivity contribution in [3.63, 3.8) is 0 Å². The van der Waals surface area contributed by atoms with Crippen molar-refractivity contribution >= 4 is 27.6 Å². The minimum atomic E-state index is -0.141. The number of ether oxygens (including phenoxy) is 4. The van der Waals surface area contributed by atoms with E-state index in [4.69, 9.17) is 18.9 Å². The van der Waals surface area contributed by atoms with Gasteiger partial charge in [0.2, 0.25) is 0 Å². The molecule has 6 nitrogen and oxygen atoms in total. The fourth-order valence-corrected chi connectivity index (χ4v) is 4.10. The summed E-state index contributed by atoms with van der Waals surface area (Å²) in [5.41, 5.74) is 4.91. The van der Waals surface area contributed by atoms with Crippen LogP contribution in [0.15, 0.2) is 36.4 Å². The second-order valence-electron chi connectivity index (χ2n) is 7.39. The molecule has 1 N–H and O–H groups in total. The van der Waals surface area contributed by atoms with Gasteiger partial charge in [-0.05, 0) is 55.3 Å². The number of ketones is 1. The predicted molar refractivity (Wildman–Crippen MR) is 121 cm³/mol. The average Bonchev–Trinajstić information content (AvgIpc) is 3.19. The van der Waals surface area contributed by atoms with Gasteiger partial charge < -0.3 is 23.9 Å². The Labute approximate surface area is 180 Å². The molecule has 0 fully saturated rings. The first-order valence-corrected chi connectivity index (χ1v) is 9.87. The van der Waals surface area contributed by atoms with Gasteiger partial charge in [0, 0.05) is 33.4 Å². The van der Waals surface area contributed by atoms with Crippen LogP contribution in [0.25, 0.3) is 21.8 Å². The van der Waals surface area contributed by atoms with E-state index >= 15 is 0 Å². The maximum atomic E-state index is 13.7. The molecule has 1 aromatic heterocycles. The quantitative estimate of drug-likeness (QED) is 0.435. The van der Waals surface area contributed by atoms with Crippen LogP contribution in [0, 0.1) is 13.8 Å². The van der Waals surface area contributed by atoms with E-state index in [-0.39, 0.29) is 5.78 Å². The molecule has 3 aromatic carbocycles. The SMILES string of the molecule is COc1ccc2[nH]c3c(C)cc(C(=O)c4cc(OC)c(OC)cc4OC)c(C)c3c2c1. The summed E-state index contributed by atoms with van der Waals surface area (Å²) in [6.07, 6.45) is 0. The smallest absolute Gasteiger partial charge is 0.197 e. The number of aryl methyl sites for hydroxylation is 2. The van der Waals surface area contributed by atoms with Crippen LogP contribution in [0.5, 0.6) is 23.0 Å². The summed E-state index contributed by atoms with van der Waals surface area (Å²) in [4.78, 5) is 17.2. The Balaban J connectivity index is 1.97. The van der Waals surface area contributed by atoms with E-state index in [0.717, 1.165) is 38.7 Å². The monoisotopic (exact) mass is 419 g/mol. The lowest BCUT2D eigenvalue weighted by Crippen LogP contribution is -2.08. The highest BCUT2D eigenvalue weighted by Gasteiger charge is 2.23. The van der Waals surface area contributed by atoms with E-state index in [1.165, 1.54) is 7.11 Å². The first-order valence-electron chi connectivity index (χ1n) is 9.87. The van der Waals surface area contributed by atoms with Gasteiger partial charge in [0.05, 0.1) is 34.0 Å². The van der Waals surface area contributed by atoms with Crippen LogP contribution in [-0.2, 0) is 0 Å². The molecule has 4 rings (SSSR count). The minimum Gasteiger partial charge on any atom is -0.497 e. The van der Waals surface area contributed by atoms with Gasteiger partial charge >= 0.3 is 0 Å². The topological polar surface area (TPSA) is 69.8 Å². The van der Waals surface area contributed by atoms with Crippen molar-refractivity contribution < 1.29 is 23.7 Å². The number of rotatable bonds is 6. The molecule has 0 bridgehead atoms. The zero-order valence-electron chi connectivity index (χ0n) is 18.5. The van der Waals surface area contributed by atoms with Gasteiger partial charge in [-0.25, -0.2) is 0 Å². The van der Waals surface area contributed by atoms with Gasteiger partial charge in [-0.2, -0.15) is 0 Å². The normalized spacial score (nSPS) is 11.0. The molecule has 0 unspecified atom stereocenters. The zero-order chi connectivity index (χ0) is 22.3. The van der Waals surface area contributed by atoms with Crippen LogP contribution < -0.4 is 18.9 Å². The Morgan fingerprint density at radius 2 is 1.45 bits per heavy atom. The number of hydrogen-bond acceptors (Lipinski definition) is 5. The molecule has 31 heavy (non-hydrogen) atoms. The fraction of sp³-hybridized carbons (Fsp3) is 0.240. The Bertz CT molecular complexity index is 1320. The fourth-order valence-electron chi connectivity index (χ4n) is 4.10. The summed E-state index contributed by atoms with van der Waals surface area (Å²) in [7, 11) is 6.27. The van der Waals surface area contributed by atoms with Crippen molar-refractivity contribution in [2.45, 2.75) is 13.8 Å². The van der Waals surface area contributed by atoms with E-state index in [2.05, 4.69) is 4.98 Å². The Morgan fingerprint density at radius 1 is 0.774 bits per heavy atom. The predicted octanol–water partition coefficient (Wildman–Crippen LogP) is 5.20. The van der Waals surface area contributed by atoms with Crippen molar-refractivity contribution in [3.8, 4) is 23.0 Å². The van der Waals surface area contributed by atoms with Crippen LogP contribution in [0.2, 0.25) is 0 Å². The number of hydrogen-bond donors (Lipinski definition) is 1. The number of H-pyrrole nitrogens is 1. The maximum absolute atomic E-state index is 13.7. The van der Waals surface area contributed by atoms with E-state index in [0.29, 0.717) is 28.4 Å². The van der Waals surface area contributed by atoms with Gasteiger partial charge in [0.25, 0.3) is 0 Å². The highest BCUT2D eigenvalue weighted by Crippen LogP contribution is 2.38. The third-order valence-electron chi connectivity index (χ3n) is 5.73. The largest absolute Gasteiger partial charge is 0.497 e. The van der Waals surface area contributed by atoms with Crippen LogP contribution in [0.4, 0.5) is 0 Å². The molecule has 1 heterocycles. The van der Waals surface area contributed by atoms with Crippen molar-refractivity contribution in [2.24, 2.45) is 0 Å². The molecule has 0 aliphatic carbocycles. The van der Waals surface area contributed by atoms with Crippen LogP contribution in [-0.4, -0.2) is 39.2 Å². The summed E-state index contributed by atoms with van der Waals surface area (Å²) in [6, 6.07) is 11.2. The van der Waals surface area contributed by atoms with E-state index in [9.17, 15) is 4.79 Å². The second-order valence-corrected chi connectivity index (χ2v) is 7.39. The molecule has 0 atom stereocenters. The zero-order valence-corrected chi connectivity index (χ0v) is 18.5. The molecular weight excluding hydrogens is 394 g/mol. The highest BCUT2D eigenvalue weighted by molar-refractivity contribution is 6.18. The Hall–Kier alpha value is -3.67. The lowest BCUT2D eigenvalue weighted by Gasteiger charge is -2.15. The molecule has 0 saturated heterocycles. The molecule has 0 aliphatic heterocycles. The minimum absolute atomic E-state index is 0.141. The number of fused-ring (bicyclic) bond motifs is 3. The molecule has 0 spiro atoms. The molecule has 0 amide bonds. The first kappa shape index (κ1) is 20.6. The van der Waals surface area contributed by atoms with Crippen molar-refractivity contribution in [1.82, 2.24) is 4.98 Å². The number of methoxy groups -OCH3 is 4. The third-order valence-corrected chi connectivity index (χ3v) is 5.73. The van der Waals surface area contributed by atoms with Crippen LogP contribution in [0.1, 0.15) is 27.0 Å². The Kier molecular flexibility index (Phi) is 5.23. The second kappa shape index (κ2) is 7.87. The van der Waals surface area contributed by atoms with Gasteiger partial charge in [0.15, 0.2) is 17.3 Å².